The first kappa shape index (κ1) is 22.7. The van der Waals surface area contributed by atoms with Crippen LogP contribution in [0, 0.1) is 0 Å². The zero-order valence-electron chi connectivity index (χ0n) is 11.6. The molecular formula is C10H16F6N2O4. The second-order valence-electron chi connectivity index (χ2n) is 4.31. The normalized spacial score (nSPS) is 17.4. The Bertz CT molecular complexity index is 328. The summed E-state index contributed by atoms with van der Waals surface area (Å²) in [6, 6.07) is 0.782. The van der Waals surface area contributed by atoms with E-state index in [-0.39, 0.29) is 0 Å². The number of halogens is 6. The van der Waals surface area contributed by atoms with Crippen molar-refractivity contribution in [2.45, 2.75) is 24.8 Å². The molecule has 0 aliphatic carbocycles. The maximum atomic E-state index is 10.6. The van der Waals surface area contributed by atoms with Crippen molar-refractivity contribution < 1.29 is 46.1 Å². The molecule has 0 aromatic rings. The molecular weight excluding hydrogens is 326 g/mol. The second-order valence-corrected chi connectivity index (χ2v) is 4.31. The minimum Gasteiger partial charge on any atom is -0.475 e. The van der Waals surface area contributed by atoms with Crippen LogP contribution in [0.4, 0.5) is 26.3 Å². The van der Waals surface area contributed by atoms with E-state index >= 15 is 0 Å². The van der Waals surface area contributed by atoms with Gasteiger partial charge in [0, 0.05) is 12.6 Å². The molecule has 22 heavy (non-hydrogen) atoms. The molecule has 12 heteroatoms. The first-order valence-electron chi connectivity index (χ1n) is 5.66. The summed E-state index contributed by atoms with van der Waals surface area (Å²) in [6.45, 7) is 2.42. The summed E-state index contributed by atoms with van der Waals surface area (Å²) in [5.41, 5.74) is 0. The first-order valence-corrected chi connectivity index (χ1v) is 5.66. The van der Waals surface area contributed by atoms with Gasteiger partial charge in [-0.15, -0.1) is 0 Å². The largest absolute Gasteiger partial charge is 0.490 e. The number of rotatable bonds is 2. The number of carboxylic acid groups (broad SMARTS) is 2. The molecule has 1 aliphatic rings. The van der Waals surface area contributed by atoms with Gasteiger partial charge in [-0.05, 0) is 27.1 Å². The van der Waals surface area contributed by atoms with Gasteiger partial charge in [-0.1, -0.05) is 0 Å². The van der Waals surface area contributed by atoms with E-state index in [2.05, 4.69) is 24.3 Å². The predicted octanol–water partition coefficient (Wildman–Crippen LogP) is 1.18. The van der Waals surface area contributed by atoms with Crippen LogP contribution in [0.1, 0.15) is 6.42 Å². The third kappa shape index (κ3) is 13.4. The van der Waals surface area contributed by atoms with Gasteiger partial charge in [-0.2, -0.15) is 26.3 Å². The van der Waals surface area contributed by atoms with Gasteiger partial charge in [0.25, 0.3) is 0 Å². The Balaban J connectivity index is 0. The van der Waals surface area contributed by atoms with Crippen molar-refractivity contribution in [2.75, 3.05) is 27.2 Å². The van der Waals surface area contributed by atoms with Gasteiger partial charge in [0.05, 0.1) is 0 Å². The fourth-order valence-corrected chi connectivity index (χ4v) is 0.945. The summed E-state index contributed by atoms with van der Waals surface area (Å²) in [6.07, 6.45) is -8.81. The van der Waals surface area contributed by atoms with Gasteiger partial charge in [0.2, 0.25) is 0 Å². The zero-order valence-corrected chi connectivity index (χ0v) is 11.6. The fraction of sp³-hybridized carbons (Fsp3) is 0.800. The standard InChI is InChI=1S/C6H14N2.2C2HF3O2/c1-8(2)5-6-3-4-7-6;2*3-2(4,5)1(6)7/h6-7H,3-5H2,1-2H3;2*(H,6,7)/t6-;;/m0../s1. The van der Waals surface area contributed by atoms with Gasteiger partial charge in [0.15, 0.2) is 0 Å². The summed E-state index contributed by atoms with van der Waals surface area (Å²) >= 11 is 0. The van der Waals surface area contributed by atoms with Crippen LogP contribution in [-0.4, -0.2) is 72.6 Å². The number of carbonyl (C=O) groups is 2. The molecule has 0 aromatic carbocycles. The lowest BCUT2D eigenvalue weighted by molar-refractivity contribution is -0.193. The van der Waals surface area contributed by atoms with Crippen molar-refractivity contribution in [3.05, 3.63) is 0 Å². The molecule has 3 N–H and O–H groups in total. The molecule has 1 fully saturated rings. The molecule has 0 amide bonds. The number of nitrogens with one attached hydrogen (secondary N) is 1. The lowest BCUT2D eigenvalue weighted by Crippen LogP contribution is -2.48. The lowest BCUT2D eigenvalue weighted by Gasteiger charge is -2.29. The molecule has 0 unspecified atom stereocenters. The average molecular weight is 342 g/mol. The lowest BCUT2D eigenvalue weighted by atomic mass is 10.1. The van der Waals surface area contributed by atoms with Crippen molar-refractivity contribution in [3.8, 4) is 0 Å². The molecule has 1 atom stereocenters. The Labute approximate surface area is 121 Å². The van der Waals surface area contributed by atoms with Gasteiger partial charge in [0.1, 0.15) is 0 Å². The Morgan fingerprint density at radius 3 is 1.36 bits per heavy atom. The highest BCUT2D eigenvalue weighted by Gasteiger charge is 2.38. The molecule has 0 aromatic heterocycles. The Kier molecular flexibility index (Phi) is 9.76. The van der Waals surface area contributed by atoms with Crippen molar-refractivity contribution in [3.63, 3.8) is 0 Å². The number of aliphatic carboxylic acids is 2. The summed E-state index contributed by atoms with van der Waals surface area (Å²) in [5.74, 6) is -5.51. The van der Waals surface area contributed by atoms with Gasteiger partial charge in [-0.3, -0.25) is 0 Å². The Morgan fingerprint density at radius 2 is 1.32 bits per heavy atom. The first-order chi connectivity index (χ1) is 9.67. The van der Waals surface area contributed by atoms with Crippen LogP contribution < -0.4 is 5.32 Å². The third-order valence-electron chi connectivity index (χ3n) is 2.00. The number of nitrogens with zero attached hydrogens (tertiary/aromatic N) is 1. The molecule has 0 bridgehead atoms. The third-order valence-corrected chi connectivity index (χ3v) is 2.00. The van der Waals surface area contributed by atoms with Crippen molar-refractivity contribution in [2.24, 2.45) is 0 Å². The molecule has 6 nitrogen and oxygen atoms in total. The monoisotopic (exact) mass is 342 g/mol. The van der Waals surface area contributed by atoms with Crippen LogP contribution in [0.3, 0.4) is 0 Å². The van der Waals surface area contributed by atoms with Gasteiger partial charge < -0.3 is 20.4 Å². The highest BCUT2D eigenvalue weighted by Crippen LogP contribution is 2.13. The maximum Gasteiger partial charge on any atom is 0.490 e. The summed E-state index contributed by atoms with van der Waals surface area (Å²) in [4.78, 5) is 20.0. The van der Waals surface area contributed by atoms with E-state index in [0.29, 0.717) is 0 Å². The highest BCUT2D eigenvalue weighted by atomic mass is 19.4. The van der Waals surface area contributed by atoms with E-state index in [1.54, 1.807) is 0 Å². The summed E-state index contributed by atoms with van der Waals surface area (Å²) < 4.78 is 63.5. The molecule has 0 spiro atoms. The molecule has 1 heterocycles. The topological polar surface area (TPSA) is 89.9 Å². The average Bonchev–Trinajstić information content (AvgIpc) is 2.22. The number of carboxylic acids is 2. The van der Waals surface area contributed by atoms with Crippen LogP contribution in [0.25, 0.3) is 0 Å². The molecule has 0 saturated carbocycles. The molecule has 1 rings (SSSR count). The molecule has 1 aliphatic heterocycles. The van der Waals surface area contributed by atoms with Crippen LogP contribution in [-0.2, 0) is 9.59 Å². The predicted molar refractivity (Wildman–Crippen MR) is 62.3 cm³/mol. The van der Waals surface area contributed by atoms with Crippen molar-refractivity contribution in [1.29, 1.82) is 0 Å². The van der Waals surface area contributed by atoms with Crippen LogP contribution >= 0.6 is 0 Å². The van der Waals surface area contributed by atoms with Crippen molar-refractivity contribution in [1.82, 2.24) is 10.2 Å². The van der Waals surface area contributed by atoms with E-state index in [9.17, 15) is 26.3 Å². The van der Waals surface area contributed by atoms with E-state index in [0.717, 1.165) is 6.04 Å². The molecule has 1 saturated heterocycles. The zero-order chi connectivity index (χ0) is 18.1. The molecule has 132 valence electrons. The van der Waals surface area contributed by atoms with E-state index in [1.807, 2.05) is 0 Å². The number of alkyl halides is 6. The number of hydrogen-bond acceptors (Lipinski definition) is 4. The van der Waals surface area contributed by atoms with E-state index < -0.39 is 24.3 Å². The number of likely N-dealkylation sites (N-methyl/N-ethyl adjacent to an activating group) is 1. The fourth-order valence-electron chi connectivity index (χ4n) is 0.945. The maximum absolute atomic E-state index is 10.6. The highest BCUT2D eigenvalue weighted by molar-refractivity contribution is 5.73. The van der Waals surface area contributed by atoms with Crippen molar-refractivity contribution >= 4 is 11.9 Å². The van der Waals surface area contributed by atoms with Crippen LogP contribution in [0.15, 0.2) is 0 Å². The quantitative estimate of drug-likeness (QED) is 0.653. The molecule has 0 radical (unpaired) electrons. The SMILES string of the molecule is CN(C)C[C@@H]1CCN1.O=C(O)C(F)(F)F.O=C(O)C(F)(F)F. The van der Waals surface area contributed by atoms with Crippen LogP contribution in [0.5, 0.6) is 0 Å². The number of hydrogen-bond donors (Lipinski definition) is 3. The Hall–Kier alpha value is -1.56. The van der Waals surface area contributed by atoms with E-state index in [4.69, 9.17) is 19.8 Å². The minimum absolute atomic E-state index is 0.782. The van der Waals surface area contributed by atoms with Gasteiger partial charge >= 0.3 is 24.3 Å². The van der Waals surface area contributed by atoms with Crippen LogP contribution in [0.2, 0.25) is 0 Å². The Morgan fingerprint density at radius 1 is 1.05 bits per heavy atom. The smallest absolute Gasteiger partial charge is 0.475 e. The van der Waals surface area contributed by atoms with E-state index in [1.165, 1.54) is 19.5 Å². The second kappa shape index (κ2) is 9.46. The summed E-state index contributed by atoms with van der Waals surface area (Å²) in [5, 5.41) is 17.6. The van der Waals surface area contributed by atoms with Gasteiger partial charge in [-0.25, -0.2) is 9.59 Å². The minimum atomic E-state index is -5.08. The summed E-state index contributed by atoms with van der Waals surface area (Å²) in [7, 11) is 4.22.